The lowest BCUT2D eigenvalue weighted by atomic mass is 10.1. The maximum absolute atomic E-state index is 12.6. The average Bonchev–Trinajstić information content (AvgIpc) is 3.57. The van der Waals surface area contributed by atoms with Crippen molar-refractivity contribution in [2.75, 3.05) is 6.54 Å². The highest BCUT2D eigenvalue weighted by Crippen LogP contribution is 2.30. The highest BCUT2D eigenvalue weighted by Gasteiger charge is 2.17. The molecule has 2 aromatic carbocycles. The van der Waals surface area contributed by atoms with Gasteiger partial charge in [-0.25, -0.2) is 4.98 Å². The highest BCUT2D eigenvalue weighted by atomic mass is 35.5. The number of hydrogen-bond donors (Lipinski definition) is 1. The summed E-state index contributed by atoms with van der Waals surface area (Å²) in [6, 6.07) is 19.1. The number of nitrogens with zero attached hydrogens (tertiary/aromatic N) is 5. The number of thioether (sulfide) groups is 1. The van der Waals surface area contributed by atoms with E-state index in [1.807, 2.05) is 53.1 Å². The number of amides is 1. The molecule has 0 saturated carbocycles. The van der Waals surface area contributed by atoms with Gasteiger partial charge in [-0.15, -0.1) is 21.5 Å². The predicted octanol–water partition coefficient (Wildman–Crippen LogP) is 6.36. The molecule has 0 aliphatic carbocycles. The fourth-order valence-electron chi connectivity index (χ4n) is 3.59. The molecular formula is C26H20Cl2N6OS2. The first-order chi connectivity index (χ1) is 18.1. The molecule has 0 atom stereocenters. The maximum Gasteiger partial charge on any atom is 0.270 e. The molecule has 0 unspecified atom stereocenters. The molecule has 0 saturated heterocycles. The summed E-state index contributed by atoms with van der Waals surface area (Å²) in [4.78, 5) is 21.2. The van der Waals surface area contributed by atoms with Crippen LogP contribution in [-0.4, -0.2) is 37.2 Å². The number of aromatic nitrogens is 5. The van der Waals surface area contributed by atoms with Gasteiger partial charge in [0.05, 0.1) is 5.75 Å². The van der Waals surface area contributed by atoms with E-state index in [2.05, 4.69) is 25.5 Å². The quantitative estimate of drug-likeness (QED) is 0.209. The maximum atomic E-state index is 12.6. The Kier molecular flexibility index (Phi) is 8.15. The first-order valence-electron chi connectivity index (χ1n) is 11.3. The standard InChI is InChI=1S/C26H20Cl2N6OS2/c27-19-7-6-17(21(28)14-19)10-13-30-25(35)22-15-36-23(31-22)16-37-26-33-32-24(18-8-11-29-12-9-18)34(26)20-4-2-1-3-5-20/h1-9,11-12,14-15H,10,13,16H2,(H,30,35). The van der Waals surface area contributed by atoms with Crippen molar-refractivity contribution in [2.45, 2.75) is 17.3 Å². The van der Waals surface area contributed by atoms with Gasteiger partial charge >= 0.3 is 0 Å². The van der Waals surface area contributed by atoms with Crippen molar-refractivity contribution < 1.29 is 4.79 Å². The Bertz CT molecular complexity index is 1510. The average molecular weight is 568 g/mol. The normalized spacial score (nSPS) is 11.0. The predicted molar refractivity (Wildman–Crippen MR) is 149 cm³/mol. The van der Waals surface area contributed by atoms with E-state index in [0.29, 0.717) is 34.5 Å². The molecule has 0 fully saturated rings. The Morgan fingerprint density at radius 1 is 1.03 bits per heavy atom. The zero-order valence-corrected chi connectivity index (χ0v) is 22.5. The van der Waals surface area contributed by atoms with Crippen LogP contribution in [0.1, 0.15) is 21.1 Å². The number of para-hydroxylation sites is 1. The van der Waals surface area contributed by atoms with Crippen molar-refractivity contribution in [3.63, 3.8) is 0 Å². The van der Waals surface area contributed by atoms with Gasteiger partial charge in [-0.3, -0.25) is 14.3 Å². The Balaban J connectivity index is 1.24. The SMILES string of the molecule is O=C(NCCc1ccc(Cl)cc1Cl)c1csc(CSc2nnc(-c3ccncc3)n2-c2ccccc2)n1. The molecule has 3 aromatic heterocycles. The topological polar surface area (TPSA) is 85.6 Å². The van der Waals surface area contributed by atoms with Crippen LogP contribution in [0.2, 0.25) is 10.0 Å². The minimum atomic E-state index is -0.218. The van der Waals surface area contributed by atoms with Gasteiger partial charge in [-0.1, -0.05) is 59.2 Å². The van der Waals surface area contributed by atoms with Crippen LogP contribution >= 0.6 is 46.3 Å². The molecule has 5 rings (SSSR count). The van der Waals surface area contributed by atoms with Crippen LogP contribution in [0.25, 0.3) is 17.1 Å². The molecular weight excluding hydrogens is 547 g/mol. The Morgan fingerprint density at radius 3 is 2.62 bits per heavy atom. The van der Waals surface area contributed by atoms with E-state index < -0.39 is 0 Å². The molecule has 0 bridgehead atoms. The summed E-state index contributed by atoms with van der Waals surface area (Å²) in [6.07, 6.45) is 4.07. The second-order valence-corrected chi connectivity index (χ2v) is 10.6. The van der Waals surface area contributed by atoms with Gasteiger partial charge in [0.25, 0.3) is 5.91 Å². The number of thiazole rings is 1. The van der Waals surface area contributed by atoms with E-state index in [9.17, 15) is 4.79 Å². The summed E-state index contributed by atoms with van der Waals surface area (Å²) in [5.74, 6) is 1.07. The van der Waals surface area contributed by atoms with Gasteiger partial charge in [0.15, 0.2) is 11.0 Å². The molecule has 1 N–H and O–H groups in total. The summed E-state index contributed by atoms with van der Waals surface area (Å²) in [6.45, 7) is 0.444. The molecule has 186 valence electrons. The van der Waals surface area contributed by atoms with Gasteiger partial charge in [0, 0.05) is 45.6 Å². The zero-order valence-electron chi connectivity index (χ0n) is 19.3. The molecule has 0 aliphatic heterocycles. The zero-order chi connectivity index (χ0) is 25.6. The number of pyridine rings is 1. The van der Waals surface area contributed by atoms with Gasteiger partial charge in [-0.05, 0) is 48.4 Å². The Morgan fingerprint density at radius 2 is 1.84 bits per heavy atom. The van der Waals surface area contributed by atoms with Gasteiger partial charge in [0.1, 0.15) is 10.7 Å². The van der Waals surface area contributed by atoms with E-state index in [-0.39, 0.29) is 5.91 Å². The number of benzene rings is 2. The van der Waals surface area contributed by atoms with E-state index in [4.69, 9.17) is 23.2 Å². The van der Waals surface area contributed by atoms with Crippen LogP contribution in [0.3, 0.4) is 0 Å². The van der Waals surface area contributed by atoms with Crippen LogP contribution in [0.5, 0.6) is 0 Å². The molecule has 5 aromatic rings. The monoisotopic (exact) mass is 566 g/mol. The van der Waals surface area contributed by atoms with Crippen LogP contribution in [0.15, 0.2) is 83.6 Å². The second-order valence-electron chi connectivity index (χ2n) is 7.87. The van der Waals surface area contributed by atoms with Crippen molar-refractivity contribution in [1.82, 2.24) is 30.0 Å². The molecule has 0 radical (unpaired) electrons. The third kappa shape index (κ3) is 6.19. The molecule has 0 aliphatic rings. The van der Waals surface area contributed by atoms with Gasteiger partial charge in [0.2, 0.25) is 0 Å². The number of halogens is 2. The summed E-state index contributed by atoms with van der Waals surface area (Å²) in [5.41, 5.74) is 3.20. The third-order valence-electron chi connectivity index (χ3n) is 5.39. The first-order valence-corrected chi connectivity index (χ1v) is 13.9. The highest BCUT2D eigenvalue weighted by molar-refractivity contribution is 7.98. The van der Waals surface area contributed by atoms with Crippen molar-refractivity contribution in [3.05, 3.63) is 105 Å². The van der Waals surface area contributed by atoms with E-state index in [1.165, 1.54) is 23.1 Å². The molecule has 11 heteroatoms. The Hall–Kier alpha value is -3.24. The van der Waals surface area contributed by atoms with Crippen molar-refractivity contribution in [2.24, 2.45) is 0 Å². The van der Waals surface area contributed by atoms with Crippen LogP contribution in [0.4, 0.5) is 0 Å². The van der Waals surface area contributed by atoms with Crippen molar-refractivity contribution in [1.29, 1.82) is 0 Å². The van der Waals surface area contributed by atoms with Crippen LogP contribution < -0.4 is 5.32 Å². The minimum absolute atomic E-state index is 0.218. The van der Waals surface area contributed by atoms with Crippen molar-refractivity contribution in [3.8, 4) is 17.1 Å². The lowest BCUT2D eigenvalue weighted by molar-refractivity contribution is 0.0949. The molecule has 1 amide bonds. The minimum Gasteiger partial charge on any atom is -0.350 e. The lowest BCUT2D eigenvalue weighted by Gasteiger charge is -2.09. The number of rotatable bonds is 9. The van der Waals surface area contributed by atoms with Crippen LogP contribution in [0, 0.1) is 0 Å². The molecule has 0 spiro atoms. The number of carbonyl (C=O) groups excluding carboxylic acids is 1. The van der Waals surface area contributed by atoms with E-state index in [0.717, 1.165) is 32.8 Å². The first kappa shape index (κ1) is 25.4. The fraction of sp³-hybridized carbons (Fsp3) is 0.115. The smallest absolute Gasteiger partial charge is 0.270 e. The van der Waals surface area contributed by atoms with E-state index in [1.54, 1.807) is 29.9 Å². The van der Waals surface area contributed by atoms with Gasteiger partial charge in [-0.2, -0.15) is 0 Å². The fourth-order valence-corrected chi connectivity index (χ4v) is 5.84. The summed E-state index contributed by atoms with van der Waals surface area (Å²) >= 11 is 15.1. The molecule has 7 nitrogen and oxygen atoms in total. The molecule has 37 heavy (non-hydrogen) atoms. The van der Waals surface area contributed by atoms with E-state index >= 15 is 0 Å². The lowest BCUT2D eigenvalue weighted by Crippen LogP contribution is -2.26. The number of nitrogens with one attached hydrogen (secondary N) is 1. The number of carbonyl (C=O) groups is 1. The third-order valence-corrected chi connectivity index (χ3v) is 7.95. The van der Waals surface area contributed by atoms with Gasteiger partial charge < -0.3 is 5.32 Å². The largest absolute Gasteiger partial charge is 0.350 e. The molecule has 3 heterocycles. The number of hydrogen-bond acceptors (Lipinski definition) is 7. The van der Waals surface area contributed by atoms with Crippen molar-refractivity contribution >= 4 is 52.2 Å². The summed E-state index contributed by atoms with van der Waals surface area (Å²) in [5, 5.41) is 16.3. The second kappa shape index (κ2) is 11.9. The van der Waals surface area contributed by atoms with Crippen LogP contribution in [-0.2, 0) is 12.2 Å². The Labute approximate surface area is 231 Å². The summed E-state index contributed by atoms with van der Waals surface area (Å²) in [7, 11) is 0. The summed E-state index contributed by atoms with van der Waals surface area (Å²) < 4.78 is 2.02.